The zero-order chi connectivity index (χ0) is 19.6. The summed E-state index contributed by atoms with van der Waals surface area (Å²) in [6.45, 7) is 0. The zero-order valence-electron chi connectivity index (χ0n) is 13.5. The number of nitrogens with zero attached hydrogens (tertiary/aromatic N) is 2. The molecule has 0 saturated carbocycles. The van der Waals surface area contributed by atoms with Crippen molar-refractivity contribution in [3.05, 3.63) is 46.6 Å². The number of aromatic nitrogens is 1. The number of hydrogen-bond donors (Lipinski definition) is 0. The van der Waals surface area contributed by atoms with E-state index >= 15 is 0 Å². The highest BCUT2D eigenvalue weighted by atomic mass is 35.5. The minimum absolute atomic E-state index is 0.0679. The Morgan fingerprint density at radius 1 is 1.38 bits per heavy atom. The van der Waals surface area contributed by atoms with Gasteiger partial charge in [0.25, 0.3) is 5.78 Å². The molecule has 0 spiro atoms. The van der Waals surface area contributed by atoms with Crippen LogP contribution in [0.1, 0.15) is 11.3 Å². The molecular weight excluding hydrogens is 376 g/mol. The molecule has 26 heavy (non-hydrogen) atoms. The molecule has 1 aromatic carbocycles. The minimum atomic E-state index is -5.17. The fourth-order valence-electron chi connectivity index (χ4n) is 2.13. The lowest BCUT2D eigenvalue weighted by Crippen LogP contribution is -2.25. The number of allylic oxidation sites excluding steroid dienone is 1. The van der Waals surface area contributed by atoms with Gasteiger partial charge in [0, 0.05) is 20.3 Å². The van der Waals surface area contributed by atoms with E-state index in [1.807, 2.05) is 0 Å². The van der Waals surface area contributed by atoms with Crippen LogP contribution in [0.4, 0.5) is 17.6 Å². The molecule has 0 radical (unpaired) electrons. The summed E-state index contributed by atoms with van der Waals surface area (Å²) in [4.78, 5) is 13.0. The van der Waals surface area contributed by atoms with Gasteiger partial charge in [0.2, 0.25) is 0 Å². The van der Waals surface area contributed by atoms with E-state index in [-0.39, 0.29) is 21.8 Å². The van der Waals surface area contributed by atoms with Crippen molar-refractivity contribution in [2.45, 2.75) is 6.18 Å². The summed E-state index contributed by atoms with van der Waals surface area (Å²) < 4.78 is 57.8. The highest BCUT2D eigenvalue weighted by Gasteiger charge is 2.43. The monoisotopic (exact) mass is 386 g/mol. The molecule has 2 aromatic rings. The number of Topliss-reactive ketones (excluding diaryl/α,β-unsaturated/α-hetero) is 1. The van der Waals surface area contributed by atoms with Crippen LogP contribution in [-0.4, -0.2) is 36.1 Å². The number of alkyl halides is 3. The first-order chi connectivity index (χ1) is 12.1. The summed E-state index contributed by atoms with van der Waals surface area (Å²) in [6, 6.07) is 3.77. The summed E-state index contributed by atoms with van der Waals surface area (Å²) in [5.41, 5.74) is -1.68. The average molecular weight is 387 g/mol. The number of rotatable bonds is 4. The number of ketones is 1. The van der Waals surface area contributed by atoms with Crippen molar-refractivity contribution in [1.29, 1.82) is 0 Å². The van der Waals surface area contributed by atoms with Crippen molar-refractivity contribution in [2.75, 3.05) is 14.1 Å². The van der Waals surface area contributed by atoms with Gasteiger partial charge >= 0.3 is 6.18 Å². The summed E-state index contributed by atoms with van der Waals surface area (Å²) in [6.07, 6.45) is 1.08. The molecule has 0 unspecified atom stereocenters. The van der Waals surface area contributed by atoms with Crippen molar-refractivity contribution >= 4 is 23.0 Å². The van der Waals surface area contributed by atoms with E-state index in [1.165, 1.54) is 31.1 Å². The van der Waals surface area contributed by atoms with Crippen LogP contribution in [0.5, 0.6) is 0 Å². The molecule has 0 amide bonds. The Kier molecular flexibility index (Phi) is 5.42. The van der Waals surface area contributed by atoms with Crippen LogP contribution in [0.15, 0.2) is 28.9 Å². The predicted octanol–water partition coefficient (Wildman–Crippen LogP) is 4.15. The maximum atomic E-state index is 14.1. The van der Waals surface area contributed by atoms with Gasteiger partial charge in [0.15, 0.2) is 5.76 Å². The van der Waals surface area contributed by atoms with E-state index in [4.69, 9.17) is 22.5 Å². The lowest BCUT2D eigenvalue weighted by molar-refractivity contribution is -0.164. The second-order valence-corrected chi connectivity index (χ2v) is 5.72. The summed E-state index contributed by atoms with van der Waals surface area (Å²) in [5, 5.41) is 3.48. The van der Waals surface area contributed by atoms with Crippen LogP contribution < -0.4 is 0 Å². The molecule has 0 atom stereocenters. The maximum Gasteiger partial charge on any atom is 0.455 e. The lowest BCUT2D eigenvalue weighted by atomic mass is 10.0. The van der Waals surface area contributed by atoms with Crippen molar-refractivity contribution in [3.63, 3.8) is 0 Å². The van der Waals surface area contributed by atoms with E-state index in [2.05, 4.69) is 11.1 Å². The Morgan fingerprint density at radius 2 is 2.04 bits per heavy atom. The molecule has 0 bridgehead atoms. The number of carbonyl (C=O) groups excluding carboxylic acids is 1. The molecule has 2 rings (SSSR count). The molecule has 0 fully saturated rings. The van der Waals surface area contributed by atoms with Crippen LogP contribution in [0.2, 0.25) is 5.02 Å². The third-order valence-electron chi connectivity index (χ3n) is 3.17. The van der Waals surface area contributed by atoms with Crippen LogP contribution in [0.25, 0.3) is 16.8 Å². The first-order valence-electron chi connectivity index (χ1n) is 6.98. The van der Waals surface area contributed by atoms with E-state index < -0.39 is 29.1 Å². The Hall–Kier alpha value is -2.79. The van der Waals surface area contributed by atoms with E-state index in [0.717, 1.165) is 12.3 Å². The van der Waals surface area contributed by atoms with Gasteiger partial charge in [-0.15, -0.1) is 6.42 Å². The van der Waals surface area contributed by atoms with Gasteiger partial charge in [0.05, 0.1) is 16.2 Å². The fraction of sp³-hybridized carbons (Fsp3) is 0.176. The van der Waals surface area contributed by atoms with E-state index in [0.29, 0.717) is 0 Å². The number of hydrogen-bond acceptors (Lipinski definition) is 4. The van der Waals surface area contributed by atoms with E-state index in [1.54, 1.807) is 0 Å². The fourth-order valence-corrected chi connectivity index (χ4v) is 2.39. The second kappa shape index (κ2) is 7.22. The minimum Gasteiger partial charge on any atom is -0.383 e. The molecular formula is C17H11ClF4N2O2. The van der Waals surface area contributed by atoms with Crippen LogP contribution in [0.3, 0.4) is 0 Å². The molecule has 1 heterocycles. The molecule has 4 nitrogen and oxygen atoms in total. The Balaban J connectivity index is 2.73. The molecule has 0 saturated heterocycles. The lowest BCUT2D eigenvalue weighted by Gasteiger charge is -2.11. The van der Waals surface area contributed by atoms with Crippen LogP contribution in [-0.2, 0) is 4.79 Å². The van der Waals surface area contributed by atoms with Crippen molar-refractivity contribution in [2.24, 2.45) is 0 Å². The van der Waals surface area contributed by atoms with Crippen molar-refractivity contribution in [3.8, 4) is 23.6 Å². The summed E-state index contributed by atoms with van der Waals surface area (Å²) in [5.74, 6) is -1.48. The average Bonchev–Trinajstić information content (AvgIpc) is 2.94. The van der Waals surface area contributed by atoms with Gasteiger partial charge in [-0.2, -0.15) is 13.2 Å². The number of carbonyl (C=O) groups is 1. The van der Waals surface area contributed by atoms with Gasteiger partial charge in [-0.25, -0.2) is 4.39 Å². The molecule has 0 N–H and O–H groups in total. The quantitative estimate of drug-likeness (QED) is 0.450. The van der Waals surface area contributed by atoms with Gasteiger partial charge in [-0.1, -0.05) is 28.7 Å². The van der Waals surface area contributed by atoms with Crippen LogP contribution >= 0.6 is 11.6 Å². The molecule has 9 heteroatoms. The Morgan fingerprint density at radius 3 is 2.54 bits per heavy atom. The topological polar surface area (TPSA) is 46.3 Å². The third-order valence-corrected chi connectivity index (χ3v) is 3.48. The highest BCUT2D eigenvalue weighted by Crippen LogP contribution is 2.37. The highest BCUT2D eigenvalue weighted by molar-refractivity contribution is 6.33. The summed E-state index contributed by atoms with van der Waals surface area (Å²) in [7, 11) is 2.81. The number of terminal acetylenes is 1. The maximum absolute atomic E-state index is 14.1. The molecule has 0 aliphatic heterocycles. The molecule has 0 aliphatic rings. The van der Waals surface area contributed by atoms with Crippen molar-refractivity contribution < 1.29 is 26.9 Å². The first-order valence-corrected chi connectivity index (χ1v) is 7.36. The van der Waals surface area contributed by atoms with Gasteiger partial charge in [0.1, 0.15) is 17.1 Å². The SMILES string of the molecule is C#Cc1c(-c2c(F)cccc2Cl)noc1/C(=C/N(C)C)C(=O)C(F)(F)F. The largest absolute Gasteiger partial charge is 0.455 e. The molecule has 136 valence electrons. The normalized spacial score (nSPS) is 12.0. The molecule has 0 aliphatic carbocycles. The van der Waals surface area contributed by atoms with Gasteiger partial charge in [-0.05, 0) is 12.1 Å². The van der Waals surface area contributed by atoms with Gasteiger partial charge in [-0.3, -0.25) is 4.79 Å². The van der Waals surface area contributed by atoms with Crippen LogP contribution in [0, 0.1) is 18.2 Å². The smallest absolute Gasteiger partial charge is 0.383 e. The van der Waals surface area contributed by atoms with E-state index in [9.17, 15) is 22.4 Å². The Labute approximate surface area is 151 Å². The predicted molar refractivity (Wildman–Crippen MR) is 87.6 cm³/mol. The molecule has 1 aromatic heterocycles. The summed E-state index contributed by atoms with van der Waals surface area (Å²) >= 11 is 5.94. The van der Waals surface area contributed by atoms with Crippen molar-refractivity contribution in [1.82, 2.24) is 10.1 Å². The first kappa shape index (κ1) is 19.5. The standard InChI is InChI=1S/C17H11ClF4N2O2/c1-4-9-14(13-11(18)6-5-7-12(13)19)23-26-15(9)10(8-24(2)3)16(25)17(20,21)22/h1,5-8H,2-3H3/b10-8-. The number of benzene rings is 1. The number of halogens is 5. The zero-order valence-corrected chi connectivity index (χ0v) is 14.2. The third kappa shape index (κ3) is 3.73. The Bertz CT molecular complexity index is 904. The second-order valence-electron chi connectivity index (χ2n) is 5.31. The van der Waals surface area contributed by atoms with Gasteiger partial charge < -0.3 is 9.42 Å².